The average Bonchev–Trinajstić information content (AvgIpc) is 3.28. The Bertz CT molecular complexity index is 1180. The van der Waals surface area contributed by atoms with Gasteiger partial charge < -0.3 is 4.74 Å². The second-order valence-electron chi connectivity index (χ2n) is 6.21. The third kappa shape index (κ3) is 3.41. The Morgan fingerprint density at radius 1 is 1.11 bits per heavy atom. The molecule has 0 saturated heterocycles. The molecule has 0 N–H and O–H groups in total. The first-order valence-electron chi connectivity index (χ1n) is 8.55. The molecule has 0 atom stereocenters. The molecule has 0 fully saturated rings. The summed E-state index contributed by atoms with van der Waals surface area (Å²) in [6.07, 6.45) is 1.81. The highest BCUT2D eigenvalue weighted by molar-refractivity contribution is 6.30. The Hall–Kier alpha value is -3.39. The summed E-state index contributed by atoms with van der Waals surface area (Å²) in [6.45, 7) is 2.21. The van der Waals surface area contributed by atoms with E-state index in [1.54, 1.807) is 29.9 Å². The summed E-state index contributed by atoms with van der Waals surface area (Å²) in [5.41, 5.74) is 2.96. The molecule has 0 unspecified atom stereocenters. The zero-order chi connectivity index (χ0) is 19.7. The monoisotopic (exact) mass is 396 g/mol. The minimum atomic E-state index is -0.443. The van der Waals surface area contributed by atoms with Gasteiger partial charge in [0.05, 0.1) is 11.4 Å². The van der Waals surface area contributed by atoms with Gasteiger partial charge >= 0.3 is 5.69 Å². The lowest BCUT2D eigenvalue weighted by atomic mass is 10.1. The molecule has 0 amide bonds. The second-order valence-corrected chi connectivity index (χ2v) is 6.65. The van der Waals surface area contributed by atoms with E-state index in [9.17, 15) is 4.79 Å². The van der Waals surface area contributed by atoms with Crippen LogP contribution in [0.2, 0.25) is 5.02 Å². The van der Waals surface area contributed by atoms with Gasteiger partial charge in [-0.1, -0.05) is 28.8 Å². The van der Waals surface area contributed by atoms with Crippen molar-refractivity contribution in [1.82, 2.24) is 29.6 Å². The Labute approximate surface area is 165 Å². The summed E-state index contributed by atoms with van der Waals surface area (Å²) in [4.78, 5) is 13.5. The molecule has 142 valence electrons. The molecule has 8 nitrogen and oxygen atoms in total. The van der Waals surface area contributed by atoms with Gasteiger partial charge in [-0.2, -0.15) is 9.48 Å². The number of halogens is 1. The van der Waals surface area contributed by atoms with Crippen molar-refractivity contribution >= 4 is 11.6 Å². The summed E-state index contributed by atoms with van der Waals surface area (Å²) in [5.74, 6) is 0.472. The Balaban J connectivity index is 1.60. The largest absolute Gasteiger partial charge is 0.472 e. The fourth-order valence-electron chi connectivity index (χ4n) is 2.91. The van der Waals surface area contributed by atoms with Crippen molar-refractivity contribution in [3.8, 4) is 17.3 Å². The fourth-order valence-corrected chi connectivity index (χ4v) is 3.04. The zero-order valence-corrected chi connectivity index (χ0v) is 16.0. The molecule has 4 rings (SSSR count). The van der Waals surface area contributed by atoms with E-state index in [4.69, 9.17) is 16.3 Å². The minimum absolute atomic E-state index is 0.247. The Morgan fingerprint density at radius 3 is 2.61 bits per heavy atom. The van der Waals surface area contributed by atoms with Gasteiger partial charge in [-0.15, -0.1) is 5.10 Å². The number of aryl methyl sites for hydroxylation is 2. The van der Waals surface area contributed by atoms with E-state index < -0.39 is 5.69 Å². The number of aromatic nitrogens is 6. The molecule has 2 aromatic carbocycles. The summed E-state index contributed by atoms with van der Waals surface area (Å²) in [5, 5.41) is 12.5. The van der Waals surface area contributed by atoms with Gasteiger partial charge in [0, 0.05) is 29.9 Å². The van der Waals surface area contributed by atoms with Crippen LogP contribution in [0.25, 0.3) is 11.4 Å². The number of benzene rings is 2. The van der Waals surface area contributed by atoms with Crippen LogP contribution in [0.15, 0.2) is 59.5 Å². The molecule has 0 saturated carbocycles. The number of hydrogen-bond acceptors (Lipinski definition) is 5. The highest BCUT2D eigenvalue weighted by atomic mass is 35.5. The van der Waals surface area contributed by atoms with Gasteiger partial charge in [0.25, 0.3) is 0 Å². The normalized spacial score (nSPS) is 11.0. The van der Waals surface area contributed by atoms with E-state index in [1.165, 1.54) is 9.48 Å². The molecule has 28 heavy (non-hydrogen) atoms. The fraction of sp³-hybridized carbons (Fsp3) is 0.158. The van der Waals surface area contributed by atoms with Crippen molar-refractivity contribution in [2.24, 2.45) is 7.05 Å². The van der Waals surface area contributed by atoms with E-state index >= 15 is 0 Å². The number of tetrazole rings is 1. The maximum Gasteiger partial charge on any atom is 0.388 e. The van der Waals surface area contributed by atoms with Crippen molar-refractivity contribution in [1.29, 1.82) is 0 Å². The van der Waals surface area contributed by atoms with Gasteiger partial charge in [0.1, 0.15) is 6.61 Å². The maximum absolute atomic E-state index is 12.1. The lowest BCUT2D eigenvalue weighted by Crippen LogP contribution is -2.22. The maximum atomic E-state index is 12.1. The van der Waals surface area contributed by atoms with Crippen molar-refractivity contribution in [2.75, 3.05) is 0 Å². The molecule has 4 aromatic rings. The van der Waals surface area contributed by atoms with Crippen molar-refractivity contribution in [2.45, 2.75) is 13.5 Å². The first-order chi connectivity index (χ1) is 13.5. The van der Waals surface area contributed by atoms with Crippen molar-refractivity contribution < 1.29 is 4.74 Å². The predicted octanol–water partition coefficient (Wildman–Crippen LogP) is 2.69. The third-order valence-electron chi connectivity index (χ3n) is 4.36. The summed E-state index contributed by atoms with van der Waals surface area (Å²) < 4.78 is 9.00. The predicted molar refractivity (Wildman–Crippen MR) is 104 cm³/mol. The van der Waals surface area contributed by atoms with Crippen LogP contribution in [0.4, 0.5) is 0 Å². The molecule has 2 heterocycles. The van der Waals surface area contributed by atoms with Crippen LogP contribution in [-0.4, -0.2) is 29.6 Å². The molecule has 9 heteroatoms. The lowest BCUT2D eigenvalue weighted by molar-refractivity contribution is 0.290. The lowest BCUT2D eigenvalue weighted by Gasteiger charge is -2.13. The van der Waals surface area contributed by atoms with Crippen molar-refractivity contribution in [3.05, 3.63) is 81.4 Å². The quantitative estimate of drug-likeness (QED) is 0.518. The highest BCUT2D eigenvalue weighted by Crippen LogP contribution is 2.20. The molecule has 0 radical (unpaired) electrons. The molecular weight excluding hydrogens is 380 g/mol. The van der Waals surface area contributed by atoms with Crippen LogP contribution >= 0.6 is 11.6 Å². The molecule has 0 spiro atoms. The molecular formula is C19H17ClN6O2. The average molecular weight is 397 g/mol. The first-order valence-corrected chi connectivity index (χ1v) is 8.93. The van der Waals surface area contributed by atoms with Gasteiger partial charge in [-0.25, -0.2) is 9.48 Å². The van der Waals surface area contributed by atoms with E-state index in [-0.39, 0.29) is 6.61 Å². The molecule has 0 aliphatic carbocycles. The van der Waals surface area contributed by atoms with Gasteiger partial charge in [-0.3, -0.25) is 0 Å². The third-order valence-corrected chi connectivity index (χ3v) is 4.62. The van der Waals surface area contributed by atoms with Crippen LogP contribution in [0.5, 0.6) is 5.88 Å². The number of ether oxygens (including phenoxy) is 1. The van der Waals surface area contributed by atoms with Crippen LogP contribution in [0.1, 0.15) is 11.1 Å². The number of nitrogens with zero attached hydrogens (tertiary/aromatic N) is 6. The van der Waals surface area contributed by atoms with Gasteiger partial charge in [0.15, 0.2) is 0 Å². The van der Waals surface area contributed by atoms with Crippen LogP contribution < -0.4 is 10.4 Å². The van der Waals surface area contributed by atoms with Gasteiger partial charge in [0.2, 0.25) is 5.88 Å². The SMILES string of the molecule is Cc1cccc(-n2c(=O)nnn2C)c1COc1ccn(-c2ccc(Cl)cc2)n1. The second kappa shape index (κ2) is 7.32. The van der Waals surface area contributed by atoms with E-state index in [1.807, 2.05) is 43.5 Å². The number of hydrogen-bond donors (Lipinski definition) is 0. The Kier molecular flexibility index (Phi) is 4.70. The summed E-state index contributed by atoms with van der Waals surface area (Å²) in [6, 6.07) is 14.8. The summed E-state index contributed by atoms with van der Waals surface area (Å²) in [7, 11) is 1.66. The molecule has 0 aliphatic rings. The smallest absolute Gasteiger partial charge is 0.388 e. The van der Waals surface area contributed by atoms with Gasteiger partial charge in [-0.05, 0) is 48.0 Å². The van der Waals surface area contributed by atoms with E-state index in [0.29, 0.717) is 16.6 Å². The number of rotatable bonds is 5. The standard InChI is InChI=1S/C19H17ClN6O2/c1-13-4-3-5-17(26-19(27)21-23-24(26)2)16(13)12-28-18-10-11-25(22-18)15-8-6-14(20)7-9-15/h3-11H,12H2,1-2H3. The Morgan fingerprint density at radius 2 is 1.89 bits per heavy atom. The zero-order valence-electron chi connectivity index (χ0n) is 15.3. The molecule has 2 aromatic heterocycles. The van der Waals surface area contributed by atoms with E-state index in [2.05, 4.69) is 15.4 Å². The van der Waals surface area contributed by atoms with Crippen LogP contribution in [0, 0.1) is 6.92 Å². The summed E-state index contributed by atoms with van der Waals surface area (Å²) >= 11 is 5.93. The van der Waals surface area contributed by atoms with Crippen molar-refractivity contribution in [3.63, 3.8) is 0 Å². The first kappa shape index (κ1) is 18.0. The molecule has 0 bridgehead atoms. The van der Waals surface area contributed by atoms with Crippen LogP contribution in [-0.2, 0) is 13.7 Å². The topological polar surface area (TPSA) is 79.8 Å². The van der Waals surface area contributed by atoms with E-state index in [0.717, 1.165) is 16.8 Å². The highest BCUT2D eigenvalue weighted by Gasteiger charge is 2.14. The minimum Gasteiger partial charge on any atom is -0.472 e. The molecule has 0 aliphatic heterocycles. The van der Waals surface area contributed by atoms with Crippen LogP contribution in [0.3, 0.4) is 0 Å².